The van der Waals surface area contributed by atoms with Gasteiger partial charge in [-0.05, 0) is 55.4 Å². The molecule has 0 amide bonds. The summed E-state index contributed by atoms with van der Waals surface area (Å²) in [6.45, 7) is 2.40. The second kappa shape index (κ2) is 6.86. The van der Waals surface area contributed by atoms with E-state index >= 15 is 0 Å². The number of rotatable bonds is 3. The minimum Gasteiger partial charge on any atom is -0.375 e. The lowest BCUT2D eigenvalue weighted by Gasteiger charge is -2.43. The Morgan fingerprint density at radius 1 is 0.862 bits per heavy atom. The molecule has 2 aromatic carbocycles. The molecule has 1 spiro atoms. The SMILES string of the molecule is C1=NC2(CC1)C1C=C(N3CCC(c4ccccc4)CC3)C(C1)C2c1ccccc1. The molecule has 2 nitrogen and oxygen atoms in total. The number of nitrogens with zero attached hydrogens (tertiary/aromatic N) is 2. The molecule has 0 radical (unpaired) electrons. The van der Waals surface area contributed by atoms with Gasteiger partial charge in [0.1, 0.15) is 0 Å². The van der Waals surface area contributed by atoms with Crippen LogP contribution in [0.2, 0.25) is 0 Å². The van der Waals surface area contributed by atoms with Crippen LogP contribution in [0.4, 0.5) is 0 Å². The lowest BCUT2D eigenvalue weighted by molar-refractivity contribution is 0.218. The van der Waals surface area contributed by atoms with Crippen LogP contribution in [-0.4, -0.2) is 29.7 Å². The smallest absolute Gasteiger partial charge is 0.0745 e. The number of benzene rings is 2. The summed E-state index contributed by atoms with van der Waals surface area (Å²) in [5, 5.41) is 0. The summed E-state index contributed by atoms with van der Waals surface area (Å²) in [6.07, 6.45) is 11.1. The molecule has 0 N–H and O–H groups in total. The van der Waals surface area contributed by atoms with Gasteiger partial charge in [0, 0.05) is 36.5 Å². The minimum atomic E-state index is 0.137. The zero-order chi connectivity index (χ0) is 19.3. The maximum atomic E-state index is 5.15. The molecule has 6 rings (SSSR count). The van der Waals surface area contributed by atoms with Gasteiger partial charge in [-0.15, -0.1) is 0 Å². The zero-order valence-corrected chi connectivity index (χ0v) is 17.1. The molecule has 2 aliphatic heterocycles. The summed E-state index contributed by atoms with van der Waals surface area (Å²) in [6, 6.07) is 22.4. The van der Waals surface area contributed by atoms with Crippen molar-refractivity contribution in [1.29, 1.82) is 0 Å². The van der Waals surface area contributed by atoms with Crippen molar-refractivity contribution in [3.63, 3.8) is 0 Å². The molecule has 4 unspecified atom stereocenters. The molecule has 1 saturated carbocycles. The molecule has 4 aliphatic rings. The molecular weight excluding hydrogens is 352 g/mol. The Morgan fingerprint density at radius 2 is 1.55 bits per heavy atom. The minimum absolute atomic E-state index is 0.137. The van der Waals surface area contributed by atoms with Crippen molar-refractivity contribution < 1.29 is 0 Å². The average Bonchev–Trinajstić information content (AvgIpc) is 3.51. The fraction of sp³-hybridized carbons (Fsp3) is 0.444. The first kappa shape index (κ1) is 17.5. The summed E-state index contributed by atoms with van der Waals surface area (Å²) in [4.78, 5) is 7.88. The molecule has 2 fully saturated rings. The van der Waals surface area contributed by atoms with Crippen LogP contribution in [0.1, 0.15) is 55.1 Å². The van der Waals surface area contributed by atoms with E-state index in [0.717, 1.165) is 12.3 Å². The van der Waals surface area contributed by atoms with Crippen LogP contribution in [0.15, 0.2) is 77.4 Å². The Morgan fingerprint density at radius 3 is 2.21 bits per heavy atom. The predicted octanol–water partition coefficient (Wildman–Crippen LogP) is 5.79. The number of hydrogen-bond donors (Lipinski definition) is 0. The van der Waals surface area contributed by atoms with Crippen LogP contribution in [0, 0.1) is 11.8 Å². The van der Waals surface area contributed by atoms with Crippen LogP contribution in [0.25, 0.3) is 0 Å². The van der Waals surface area contributed by atoms with E-state index in [4.69, 9.17) is 4.99 Å². The number of piperidine rings is 1. The largest absolute Gasteiger partial charge is 0.375 e. The van der Waals surface area contributed by atoms with Gasteiger partial charge >= 0.3 is 0 Å². The summed E-state index contributed by atoms with van der Waals surface area (Å²) >= 11 is 0. The first-order valence-electron chi connectivity index (χ1n) is 11.5. The predicted molar refractivity (Wildman–Crippen MR) is 119 cm³/mol. The van der Waals surface area contributed by atoms with E-state index in [0.29, 0.717) is 17.8 Å². The molecule has 148 valence electrons. The van der Waals surface area contributed by atoms with Crippen molar-refractivity contribution in [2.24, 2.45) is 16.8 Å². The van der Waals surface area contributed by atoms with Gasteiger partial charge in [-0.1, -0.05) is 66.7 Å². The standard InChI is InChI=1S/C27H30N2/c1-3-8-20(9-4-1)21-12-16-29(17-13-21)25-19-23-18-24(25)26(22-10-5-2-6-11-22)27(23)14-7-15-28-27/h1-6,8-11,15,19,21,23-24,26H,7,12-14,16-18H2. The molecule has 1 saturated heterocycles. The van der Waals surface area contributed by atoms with Gasteiger partial charge in [0.15, 0.2) is 0 Å². The molecule has 4 atom stereocenters. The monoisotopic (exact) mass is 382 g/mol. The molecule has 2 bridgehead atoms. The Balaban J connectivity index is 1.26. The van der Waals surface area contributed by atoms with Gasteiger partial charge < -0.3 is 4.90 Å². The summed E-state index contributed by atoms with van der Waals surface area (Å²) in [7, 11) is 0. The number of hydrogen-bond acceptors (Lipinski definition) is 2. The van der Waals surface area contributed by atoms with Crippen molar-refractivity contribution in [2.45, 2.75) is 49.5 Å². The van der Waals surface area contributed by atoms with E-state index in [2.05, 4.69) is 77.9 Å². The Labute approximate surface area is 174 Å². The number of allylic oxidation sites excluding steroid dienone is 1. The third kappa shape index (κ3) is 2.72. The van der Waals surface area contributed by atoms with Gasteiger partial charge in [-0.2, -0.15) is 0 Å². The summed E-state index contributed by atoms with van der Waals surface area (Å²) < 4.78 is 0. The third-order valence-electron chi connectivity index (χ3n) is 8.14. The van der Waals surface area contributed by atoms with E-state index in [1.165, 1.54) is 49.9 Å². The van der Waals surface area contributed by atoms with Crippen LogP contribution in [0.5, 0.6) is 0 Å². The number of likely N-dealkylation sites (tertiary alicyclic amines) is 1. The molecule has 2 aromatic rings. The van der Waals surface area contributed by atoms with Crippen LogP contribution >= 0.6 is 0 Å². The fourth-order valence-corrected chi connectivity index (χ4v) is 6.86. The molecular formula is C27H30N2. The fourth-order valence-electron chi connectivity index (χ4n) is 6.86. The summed E-state index contributed by atoms with van der Waals surface area (Å²) in [5.41, 5.74) is 4.81. The zero-order valence-electron chi connectivity index (χ0n) is 17.1. The van der Waals surface area contributed by atoms with Gasteiger partial charge in [0.05, 0.1) is 5.54 Å². The highest BCUT2D eigenvalue weighted by Crippen LogP contribution is 2.63. The van der Waals surface area contributed by atoms with Crippen molar-refractivity contribution in [2.75, 3.05) is 13.1 Å². The Bertz CT molecular complexity index is 924. The average molecular weight is 383 g/mol. The molecule has 0 aromatic heterocycles. The highest BCUT2D eigenvalue weighted by molar-refractivity contribution is 5.63. The quantitative estimate of drug-likeness (QED) is 0.656. The third-order valence-corrected chi connectivity index (χ3v) is 8.14. The second-order valence-corrected chi connectivity index (χ2v) is 9.44. The van der Waals surface area contributed by atoms with Gasteiger partial charge in [0.25, 0.3) is 0 Å². The maximum absolute atomic E-state index is 5.15. The van der Waals surface area contributed by atoms with Gasteiger partial charge in [-0.3, -0.25) is 4.99 Å². The lowest BCUT2D eigenvalue weighted by Crippen LogP contribution is -2.42. The van der Waals surface area contributed by atoms with Crippen molar-refractivity contribution in [1.82, 2.24) is 4.90 Å². The normalized spacial score (nSPS) is 33.6. The van der Waals surface area contributed by atoms with Gasteiger partial charge in [-0.25, -0.2) is 0 Å². The topological polar surface area (TPSA) is 15.6 Å². The van der Waals surface area contributed by atoms with E-state index in [1.54, 1.807) is 5.70 Å². The van der Waals surface area contributed by atoms with Crippen molar-refractivity contribution >= 4 is 6.21 Å². The molecule has 2 heterocycles. The molecule has 29 heavy (non-hydrogen) atoms. The van der Waals surface area contributed by atoms with E-state index in [1.807, 2.05) is 0 Å². The van der Waals surface area contributed by atoms with Gasteiger partial charge in [0.2, 0.25) is 0 Å². The highest BCUT2D eigenvalue weighted by Gasteiger charge is 2.60. The maximum Gasteiger partial charge on any atom is 0.0745 e. The van der Waals surface area contributed by atoms with Crippen LogP contribution < -0.4 is 0 Å². The molecule has 2 heteroatoms. The Hall–Kier alpha value is -2.35. The van der Waals surface area contributed by atoms with E-state index in [-0.39, 0.29) is 5.54 Å². The number of aliphatic imine (C=N–C) groups is 1. The number of fused-ring (bicyclic) bond motifs is 3. The summed E-state index contributed by atoms with van der Waals surface area (Å²) in [5.74, 6) is 2.55. The first-order chi connectivity index (χ1) is 14.4. The lowest BCUT2D eigenvalue weighted by atomic mass is 9.70. The second-order valence-electron chi connectivity index (χ2n) is 9.44. The van der Waals surface area contributed by atoms with E-state index < -0.39 is 0 Å². The van der Waals surface area contributed by atoms with Crippen LogP contribution in [-0.2, 0) is 0 Å². The van der Waals surface area contributed by atoms with E-state index in [9.17, 15) is 0 Å². The molecule has 2 aliphatic carbocycles. The first-order valence-corrected chi connectivity index (χ1v) is 11.5. The van der Waals surface area contributed by atoms with Crippen molar-refractivity contribution in [3.05, 3.63) is 83.6 Å². The Kier molecular flexibility index (Phi) is 4.14. The highest BCUT2D eigenvalue weighted by atomic mass is 15.2. The van der Waals surface area contributed by atoms with Crippen LogP contribution in [0.3, 0.4) is 0 Å². The van der Waals surface area contributed by atoms with Crippen molar-refractivity contribution in [3.8, 4) is 0 Å².